The molecule has 1 fully saturated rings. The van der Waals surface area contributed by atoms with Crippen molar-refractivity contribution in [1.82, 2.24) is 24.6 Å². The van der Waals surface area contributed by atoms with Crippen molar-refractivity contribution in [3.8, 4) is 0 Å². The minimum absolute atomic E-state index is 0.0801. The van der Waals surface area contributed by atoms with Crippen molar-refractivity contribution in [3.05, 3.63) is 66.0 Å². The molecule has 3 aromatic rings. The van der Waals surface area contributed by atoms with Gasteiger partial charge in [-0.05, 0) is 37.1 Å². The van der Waals surface area contributed by atoms with Crippen LogP contribution in [0.3, 0.4) is 0 Å². The second-order valence-corrected chi connectivity index (χ2v) is 7.47. The molecule has 2 N–H and O–H groups in total. The molecule has 0 spiro atoms. The second kappa shape index (κ2) is 8.58. The Balaban J connectivity index is 1.67. The van der Waals surface area contributed by atoms with Crippen molar-refractivity contribution in [3.63, 3.8) is 0 Å². The molecule has 1 aliphatic rings. The lowest BCUT2D eigenvalue weighted by molar-refractivity contribution is -0.156. The van der Waals surface area contributed by atoms with E-state index in [1.54, 1.807) is 12.1 Å². The van der Waals surface area contributed by atoms with Gasteiger partial charge in [-0.1, -0.05) is 12.1 Å². The largest absolute Gasteiger partial charge is 0.414 e. The van der Waals surface area contributed by atoms with E-state index in [-0.39, 0.29) is 22.7 Å². The van der Waals surface area contributed by atoms with Crippen LogP contribution in [0.4, 0.5) is 13.2 Å². The number of carbonyl (C=O) groups is 2. The number of hydrogen-bond donors (Lipinski definition) is 2. The van der Waals surface area contributed by atoms with Gasteiger partial charge in [0, 0.05) is 25.5 Å². The number of piperidine rings is 1. The maximum atomic E-state index is 13.6. The first-order chi connectivity index (χ1) is 15.3. The molecule has 0 saturated carbocycles. The van der Waals surface area contributed by atoms with Gasteiger partial charge in [-0.3, -0.25) is 19.0 Å². The number of pyridine rings is 2. The molecule has 1 aliphatic heterocycles. The van der Waals surface area contributed by atoms with Gasteiger partial charge in [0.1, 0.15) is 0 Å². The van der Waals surface area contributed by atoms with Crippen molar-refractivity contribution in [1.29, 1.82) is 0 Å². The molecule has 0 bridgehead atoms. The van der Waals surface area contributed by atoms with Crippen molar-refractivity contribution in [2.24, 2.45) is 0 Å². The quantitative estimate of drug-likeness (QED) is 0.640. The van der Waals surface area contributed by atoms with E-state index in [0.29, 0.717) is 25.9 Å². The molecule has 32 heavy (non-hydrogen) atoms. The summed E-state index contributed by atoms with van der Waals surface area (Å²) in [5, 5.41) is 11.6. The summed E-state index contributed by atoms with van der Waals surface area (Å²) >= 11 is 0. The lowest BCUT2D eigenvalue weighted by Gasteiger charge is -2.29. The number of rotatable bonds is 4. The zero-order valence-electron chi connectivity index (χ0n) is 16.8. The zero-order valence-corrected chi connectivity index (χ0v) is 16.8. The predicted octanol–water partition coefficient (Wildman–Crippen LogP) is 2.36. The molecule has 3 aromatic heterocycles. The van der Waals surface area contributed by atoms with E-state index in [1.807, 2.05) is 5.32 Å². The number of imidazole rings is 1. The van der Waals surface area contributed by atoms with E-state index in [9.17, 15) is 27.9 Å². The molecule has 1 atom stereocenters. The Morgan fingerprint density at radius 3 is 2.50 bits per heavy atom. The van der Waals surface area contributed by atoms with E-state index in [4.69, 9.17) is 0 Å². The number of nitrogens with zero attached hydrogens (tertiary/aromatic N) is 4. The fourth-order valence-corrected chi connectivity index (χ4v) is 3.64. The van der Waals surface area contributed by atoms with Gasteiger partial charge in [-0.2, -0.15) is 13.2 Å². The fraction of sp³-hybridized carbons (Fsp3) is 0.333. The van der Waals surface area contributed by atoms with Gasteiger partial charge in [0.15, 0.2) is 11.7 Å². The third-order valence-corrected chi connectivity index (χ3v) is 5.29. The van der Waals surface area contributed by atoms with Gasteiger partial charge in [0.05, 0.1) is 17.3 Å². The molecule has 168 valence electrons. The number of hydrogen-bond acceptors (Lipinski definition) is 5. The van der Waals surface area contributed by atoms with Crippen LogP contribution in [0.25, 0.3) is 5.52 Å². The summed E-state index contributed by atoms with van der Waals surface area (Å²) in [6.07, 6.45) is -1.71. The highest BCUT2D eigenvalue weighted by atomic mass is 19.4. The van der Waals surface area contributed by atoms with Crippen LogP contribution in [-0.4, -0.2) is 61.6 Å². The van der Waals surface area contributed by atoms with Crippen LogP contribution >= 0.6 is 0 Å². The molecule has 11 heteroatoms. The fourth-order valence-electron chi connectivity index (χ4n) is 3.64. The van der Waals surface area contributed by atoms with Gasteiger partial charge in [-0.15, -0.1) is 0 Å². The van der Waals surface area contributed by atoms with Gasteiger partial charge in [0.2, 0.25) is 5.82 Å². The normalized spacial score (nSPS) is 16.2. The number of aromatic nitrogens is 3. The first-order valence-electron chi connectivity index (χ1n) is 9.98. The van der Waals surface area contributed by atoms with Crippen LogP contribution in [0.1, 0.15) is 45.7 Å². The predicted molar refractivity (Wildman–Crippen MR) is 107 cm³/mol. The Hall–Kier alpha value is -3.47. The van der Waals surface area contributed by atoms with Crippen LogP contribution in [0.15, 0.2) is 48.8 Å². The van der Waals surface area contributed by atoms with Crippen LogP contribution in [0.2, 0.25) is 0 Å². The molecule has 0 radical (unpaired) electrons. The molecule has 0 aromatic carbocycles. The van der Waals surface area contributed by atoms with E-state index < -0.39 is 30.1 Å². The maximum absolute atomic E-state index is 13.6. The van der Waals surface area contributed by atoms with Crippen LogP contribution in [0.5, 0.6) is 0 Å². The molecule has 0 aliphatic carbocycles. The van der Waals surface area contributed by atoms with Crippen molar-refractivity contribution >= 4 is 17.3 Å². The zero-order chi connectivity index (χ0) is 22.9. The highest BCUT2D eigenvalue weighted by molar-refractivity contribution is 6.02. The standard InChI is InChI=1S/C21H20F3N5O3/c22-21(23,24)17(14-5-1-3-9-25-14)27-19(31)16-15-6-2-4-10-29(15)18(26-16)20(32)28-11-7-13(30)8-12-28/h1-6,9-10,13,17,30H,7-8,11-12H2,(H,27,31). The summed E-state index contributed by atoms with van der Waals surface area (Å²) in [5.74, 6) is -1.62. The van der Waals surface area contributed by atoms with E-state index >= 15 is 0 Å². The summed E-state index contributed by atoms with van der Waals surface area (Å²) in [7, 11) is 0. The maximum Gasteiger partial charge on any atom is 0.414 e. The van der Waals surface area contributed by atoms with E-state index in [2.05, 4.69) is 9.97 Å². The first kappa shape index (κ1) is 21.8. The SMILES string of the molecule is O=C(NC(c1ccccn1)C(F)(F)F)c1nc(C(=O)N2CCC(O)CC2)n2ccccc12. The number of halogens is 3. The van der Waals surface area contributed by atoms with Crippen molar-refractivity contribution in [2.75, 3.05) is 13.1 Å². The Bertz CT molecular complexity index is 1120. The molecule has 1 saturated heterocycles. The van der Waals surface area contributed by atoms with Crippen LogP contribution in [-0.2, 0) is 0 Å². The number of aliphatic hydroxyl groups is 1. The molecular weight excluding hydrogens is 427 g/mol. The number of fused-ring (bicyclic) bond motifs is 1. The molecule has 1 unspecified atom stereocenters. The Morgan fingerprint density at radius 1 is 1.12 bits per heavy atom. The third-order valence-electron chi connectivity index (χ3n) is 5.29. The van der Waals surface area contributed by atoms with Gasteiger partial charge in [-0.25, -0.2) is 4.98 Å². The lowest BCUT2D eigenvalue weighted by atomic mass is 10.1. The average molecular weight is 447 g/mol. The van der Waals surface area contributed by atoms with Gasteiger partial charge >= 0.3 is 6.18 Å². The Kier molecular flexibility index (Phi) is 5.83. The summed E-state index contributed by atoms with van der Waals surface area (Å²) in [6.45, 7) is 0.637. The highest BCUT2D eigenvalue weighted by Crippen LogP contribution is 2.32. The summed E-state index contributed by atoms with van der Waals surface area (Å²) in [6, 6.07) is 6.43. The van der Waals surface area contributed by atoms with Gasteiger partial charge < -0.3 is 15.3 Å². The monoisotopic (exact) mass is 447 g/mol. The number of likely N-dealkylation sites (tertiary alicyclic amines) is 1. The Morgan fingerprint density at radius 2 is 1.84 bits per heavy atom. The number of carbonyl (C=O) groups excluding carboxylic acids is 2. The van der Waals surface area contributed by atoms with Crippen LogP contribution < -0.4 is 5.32 Å². The van der Waals surface area contributed by atoms with E-state index in [0.717, 1.165) is 0 Å². The summed E-state index contributed by atoms with van der Waals surface area (Å²) in [5.41, 5.74) is -0.455. The summed E-state index contributed by atoms with van der Waals surface area (Å²) < 4.78 is 42.3. The molecule has 4 heterocycles. The smallest absolute Gasteiger partial charge is 0.393 e. The lowest BCUT2D eigenvalue weighted by Crippen LogP contribution is -2.41. The molecule has 8 nitrogen and oxygen atoms in total. The van der Waals surface area contributed by atoms with Crippen molar-refractivity contribution < 1.29 is 27.9 Å². The molecule has 2 amide bonds. The summed E-state index contributed by atoms with van der Waals surface area (Å²) in [4.78, 5) is 35.2. The minimum Gasteiger partial charge on any atom is -0.393 e. The number of aliphatic hydroxyl groups excluding tert-OH is 1. The van der Waals surface area contributed by atoms with Crippen LogP contribution in [0, 0.1) is 0 Å². The average Bonchev–Trinajstić information content (AvgIpc) is 3.17. The highest BCUT2D eigenvalue weighted by Gasteiger charge is 2.43. The molecule has 4 rings (SSSR count). The number of alkyl halides is 3. The number of amides is 2. The topological polar surface area (TPSA) is 99.8 Å². The Labute approximate surface area is 180 Å². The number of nitrogens with one attached hydrogen (secondary N) is 1. The second-order valence-electron chi connectivity index (χ2n) is 7.47. The third kappa shape index (κ3) is 4.28. The van der Waals surface area contributed by atoms with Gasteiger partial charge in [0.25, 0.3) is 11.8 Å². The van der Waals surface area contributed by atoms with E-state index in [1.165, 1.54) is 46.0 Å². The first-order valence-corrected chi connectivity index (χ1v) is 9.98. The molecular formula is C21H20F3N5O3. The van der Waals surface area contributed by atoms with Crippen molar-refractivity contribution in [2.45, 2.75) is 31.2 Å². The minimum atomic E-state index is -4.78.